The van der Waals surface area contributed by atoms with Gasteiger partial charge in [0.2, 0.25) is 5.91 Å². The third-order valence-corrected chi connectivity index (χ3v) is 5.71. The van der Waals surface area contributed by atoms with E-state index in [-0.39, 0.29) is 11.7 Å². The lowest BCUT2D eigenvalue weighted by Gasteiger charge is -2.35. The van der Waals surface area contributed by atoms with Crippen molar-refractivity contribution in [2.24, 2.45) is 0 Å². The highest BCUT2D eigenvalue weighted by molar-refractivity contribution is 5.78. The van der Waals surface area contributed by atoms with Crippen LogP contribution in [0.5, 0.6) is 11.5 Å². The van der Waals surface area contributed by atoms with Crippen LogP contribution < -0.4 is 9.47 Å². The molecule has 1 amide bonds. The summed E-state index contributed by atoms with van der Waals surface area (Å²) in [6.45, 7) is 4.62. The minimum absolute atomic E-state index is 0.139. The topological polar surface area (TPSA) is 45.2 Å². The van der Waals surface area contributed by atoms with Gasteiger partial charge in [0.15, 0.2) is 11.5 Å². The van der Waals surface area contributed by atoms with Crippen molar-refractivity contribution < 1.29 is 18.7 Å². The zero-order valence-corrected chi connectivity index (χ0v) is 18.6. The number of ether oxygens (including phenoxy) is 2. The quantitative estimate of drug-likeness (QED) is 0.613. The molecule has 0 unspecified atom stereocenters. The number of carbonyl (C=O) groups is 1. The van der Waals surface area contributed by atoms with Crippen LogP contribution in [-0.4, -0.2) is 81.1 Å². The predicted octanol–water partition coefficient (Wildman–Crippen LogP) is 2.66. The van der Waals surface area contributed by atoms with E-state index >= 15 is 0 Å². The molecule has 0 N–H and O–H groups in total. The minimum Gasteiger partial charge on any atom is -0.493 e. The maximum absolute atomic E-state index is 13.9. The summed E-state index contributed by atoms with van der Waals surface area (Å²) in [6, 6.07) is 12.8. The number of hydrogen-bond donors (Lipinski definition) is 0. The lowest BCUT2D eigenvalue weighted by atomic mass is 10.1. The highest BCUT2D eigenvalue weighted by atomic mass is 19.1. The van der Waals surface area contributed by atoms with Crippen LogP contribution in [0.3, 0.4) is 0 Å². The summed E-state index contributed by atoms with van der Waals surface area (Å²) in [7, 11) is 5.21. The lowest BCUT2D eigenvalue weighted by Crippen LogP contribution is -2.50. The first-order valence-corrected chi connectivity index (χ1v) is 10.6. The second-order valence-electron chi connectivity index (χ2n) is 7.93. The van der Waals surface area contributed by atoms with Crippen LogP contribution in [-0.2, 0) is 17.8 Å². The van der Waals surface area contributed by atoms with Gasteiger partial charge in [0.1, 0.15) is 5.82 Å². The molecule has 2 aromatic carbocycles. The molecular formula is C24H32FN3O3. The van der Waals surface area contributed by atoms with Gasteiger partial charge in [0.25, 0.3) is 0 Å². The summed E-state index contributed by atoms with van der Waals surface area (Å²) in [5, 5.41) is 0. The largest absolute Gasteiger partial charge is 0.493 e. The Bertz CT molecular complexity index is 869. The lowest BCUT2D eigenvalue weighted by molar-refractivity contribution is -0.133. The van der Waals surface area contributed by atoms with Crippen molar-refractivity contribution in [1.82, 2.24) is 14.7 Å². The number of likely N-dealkylation sites (N-methyl/N-ethyl adjacent to an activating group) is 1. The number of benzene rings is 2. The number of hydrogen-bond acceptors (Lipinski definition) is 5. The number of methoxy groups -OCH3 is 2. The second kappa shape index (κ2) is 11.1. The summed E-state index contributed by atoms with van der Waals surface area (Å²) in [6.07, 6.45) is 0.820. The Balaban J connectivity index is 1.42. The molecule has 7 heteroatoms. The maximum atomic E-state index is 13.9. The number of carbonyl (C=O) groups excluding carboxylic acids is 1. The van der Waals surface area contributed by atoms with E-state index in [1.807, 2.05) is 47.2 Å². The molecule has 1 saturated heterocycles. The molecule has 0 saturated carbocycles. The highest BCUT2D eigenvalue weighted by Crippen LogP contribution is 2.27. The van der Waals surface area contributed by atoms with Crippen LogP contribution in [0, 0.1) is 5.82 Å². The van der Waals surface area contributed by atoms with Crippen molar-refractivity contribution in [3.63, 3.8) is 0 Å². The van der Waals surface area contributed by atoms with Gasteiger partial charge in [-0.2, -0.15) is 0 Å². The average molecular weight is 430 g/mol. The Hall–Kier alpha value is -2.64. The molecule has 0 radical (unpaired) electrons. The van der Waals surface area contributed by atoms with Gasteiger partial charge in [-0.25, -0.2) is 4.39 Å². The molecule has 31 heavy (non-hydrogen) atoms. The van der Waals surface area contributed by atoms with E-state index in [1.54, 1.807) is 20.3 Å². The normalized spacial score (nSPS) is 14.7. The first-order chi connectivity index (χ1) is 15.0. The van der Waals surface area contributed by atoms with E-state index in [1.165, 1.54) is 6.07 Å². The summed E-state index contributed by atoms with van der Waals surface area (Å²) in [5.74, 6) is 1.40. The van der Waals surface area contributed by atoms with Crippen LogP contribution in [0.15, 0.2) is 42.5 Å². The Morgan fingerprint density at radius 1 is 1.03 bits per heavy atom. The summed E-state index contributed by atoms with van der Waals surface area (Å²) < 4.78 is 24.5. The van der Waals surface area contributed by atoms with Gasteiger partial charge in [-0.15, -0.1) is 0 Å². The predicted molar refractivity (Wildman–Crippen MR) is 119 cm³/mol. The van der Waals surface area contributed by atoms with E-state index in [9.17, 15) is 9.18 Å². The van der Waals surface area contributed by atoms with Crippen LogP contribution >= 0.6 is 0 Å². The highest BCUT2D eigenvalue weighted by Gasteiger charge is 2.22. The molecule has 0 aliphatic carbocycles. The van der Waals surface area contributed by atoms with Crippen LogP contribution in [0.2, 0.25) is 0 Å². The molecule has 6 nitrogen and oxygen atoms in total. The number of nitrogens with zero attached hydrogens (tertiary/aromatic N) is 3. The number of piperazine rings is 1. The van der Waals surface area contributed by atoms with E-state index in [4.69, 9.17) is 9.47 Å². The molecule has 3 rings (SSSR count). The van der Waals surface area contributed by atoms with Crippen molar-refractivity contribution in [2.45, 2.75) is 13.0 Å². The van der Waals surface area contributed by atoms with Gasteiger partial charge < -0.3 is 14.4 Å². The Labute approximate surface area is 184 Å². The van der Waals surface area contributed by atoms with Crippen molar-refractivity contribution in [2.75, 3.05) is 60.5 Å². The number of halogens is 1. The van der Waals surface area contributed by atoms with Gasteiger partial charge in [0.05, 0.1) is 20.8 Å². The molecule has 2 aromatic rings. The molecule has 168 valence electrons. The van der Waals surface area contributed by atoms with E-state index in [0.29, 0.717) is 43.2 Å². The molecule has 1 heterocycles. The van der Waals surface area contributed by atoms with Crippen molar-refractivity contribution in [3.8, 4) is 11.5 Å². The Morgan fingerprint density at radius 2 is 1.74 bits per heavy atom. The molecule has 0 spiro atoms. The molecule has 0 bridgehead atoms. The average Bonchev–Trinajstić information content (AvgIpc) is 2.79. The first-order valence-electron chi connectivity index (χ1n) is 10.6. The Kier molecular flexibility index (Phi) is 8.26. The fourth-order valence-corrected chi connectivity index (χ4v) is 3.79. The van der Waals surface area contributed by atoms with Crippen molar-refractivity contribution in [1.29, 1.82) is 0 Å². The molecule has 1 aliphatic rings. The van der Waals surface area contributed by atoms with E-state index < -0.39 is 0 Å². The number of amides is 1. The van der Waals surface area contributed by atoms with Gasteiger partial charge in [0, 0.05) is 44.8 Å². The van der Waals surface area contributed by atoms with E-state index in [2.05, 4.69) is 4.90 Å². The summed E-state index contributed by atoms with van der Waals surface area (Å²) in [4.78, 5) is 18.8. The van der Waals surface area contributed by atoms with E-state index in [0.717, 1.165) is 31.6 Å². The molecule has 1 fully saturated rings. The fraction of sp³-hybridized carbons (Fsp3) is 0.458. The monoisotopic (exact) mass is 429 g/mol. The smallest absolute Gasteiger partial charge is 0.236 e. The third kappa shape index (κ3) is 6.42. The maximum Gasteiger partial charge on any atom is 0.236 e. The van der Waals surface area contributed by atoms with Gasteiger partial charge >= 0.3 is 0 Å². The SMILES string of the molecule is COc1ccc(CCN(C)CC(=O)N2CCN(Cc3ccccc3F)CC2)cc1OC. The second-order valence-corrected chi connectivity index (χ2v) is 7.93. The fourth-order valence-electron chi connectivity index (χ4n) is 3.79. The molecular weight excluding hydrogens is 397 g/mol. The molecule has 0 aromatic heterocycles. The standard InChI is InChI=1S/C24H32FN3O3/c1-26(11-10-19-8-9-22(30-2)23(16-19)31-3)18-24(29)28-14-12-27(13-15-28)17-20-6-4-5-7-21(20)25/h4-9,16H,10-15,17-18H2,1-3H3. The van der Waals surface area contributed by atoms with Crippen molar-refractivity contribution in [3.05, 3.63) is 59.4 Å². The Morgan fingerprint density at radius 3 is 2.42 bits per heavy atom. The molecule has 0 atom stereocenters. The van der Waals surface area contributed by atoms with Crippen molar-refractivity contribution >= 4 is 5.91 Å². The van der Waals surface area contributed by atoms with Crippen LogP contribution in [0.25, 0.3) is 0 Å². The zero-order valence-electron chi connectivity index (χ0n) is 18.6. The van der Waals surface area contributed by atoms with Crippen LogP contribution in [0.1, 0.15) is 11.1 Å². The third-order valence-electron chi connectivity index (χ3n) is 5.71. The van der Waals surface area contributed by atoms with Gasteiger partial charge in [-0.3, -0.25) is 14.6 Å². The molecule has 1 aliphatic heterocycles. The zero-order chi connectivity index (χ0) is 22.2. The summed E-state index contributed by atoms with van der Waals surface area (Å²) >= 11 is 0. The number of rotatable bonds is 9. The van der Waals surface area contributed by atoms with Gasteiger partial charge in [-0.05, 0) is 37.2 Å². The first kappa shape index (κ1) is 23.0. The van der Waals surface area contributed by atoms with Crippen LogP contribution in [0.4, 0.5) is 4.39 Å². The summed E-state index contributed by atoms with van der Waals surface area (Å²) in [5.41, 5.74) is 1.84. The van der Waals surface area contributed by atoms with Gasteiger partial charge in [-0.1, -0.05) is 24.3 Å². The minimum atomic E-state index is -0.169.